The molecule has 1 N–H and O–H groups in total. The summed E-state index contributed by atoms with van der Waals surface area (Å²) in [4.78, 5) is 24.3. The Labute approximate surface area is 121 Å². The maximum atomic E-state index is 12.9. The van der Waals surface area contributed by atoms with Crippen LogP contribution < -0.4 is 5.32 Å². The number of piperidine rings is 1. The van der Waals surface area contributed by atoms with Crippen molar-refractivity contribution in [2.45, 2.75) is 50.9 Å². The Morgan fingerprint density at radius 3 is 2.33 bits per heavy atom. The average Bonchev–Trinajstić information content (AvgIpc) is 2.91. The van der Waals surface area contributed by atoms with Crippen molar-refractivity contribution in [3.05, 3.63) is 12.2 Å². The molecule has 1 fully saturated rings. The number of halogens is 3. The van der Waals surface area contributed by atoms with Crippen molar-refractivity contribution in [2.24, 2.45) is 5.92 Å². The number of hydrogen-bond acceptors (Lipinski definition) is 2. The van der Waals surface area contributed by atoms with Crippen LogP contribution in [-0.4, -0.2) is 41.5 Å². The fourth-order valence-electron chi connectivity index (χ4n) is 2.93. The molecule has 0 unspecified atom stereocenters. The summed E-state index contributed by atoms with van der Waals surface area (Å²) in [5.41, 5.74) is 0. The summed E-state index contributed by atoms with van der Waals surface area (Å²) in [5.74, 6) is -0.881. The largest absolute Gasteiger partial charge is 0.408 e. The van der Waals surface area contributed by atoms with E-state index in [1.807, 2.05) is 12.2 Å². The van der Waals surface area contributed by atoms with E-state index in [1.54, 1.807) is 0 Å². The van der Waals surface area contributed by atoms with Crippen LogP contribution in [0.25, 0.3) is 0 Å². The van der Waals surface area contributed by atoms with E-state index in [1.165, 1.54) is 0 Å². The lowest BCUT2D eigenvalue weighted by atomic mass is 9.96. The molecule has 2 atom stereocenters. The molecule has 4 nitrogen and oxygen atoms in total. The second kappa shape index (κ2) is 6.07. The second-order valence-electron chi connectivity index (χ2n) is 5.65. The molecule has 0 saturated carbocycles. The summed E-state index contributed by atoms with van der Waals surface area (Å²) in [7, 11) is 0. The molecular formula is C14H19F3N2O2. The molecule has 1 aliphatic carbocycles. The molecule has 0 aromatic carbocycles. The van der Waals surface area contributed by atoms with Crippen LogP contribution >= 0.6 is 0 Å². The third-order valence-electron chi connectivity index (χ3n) is 4.09. The van der Waals surface area contributed by atoms with Gasteiger partial charge in [0.1, 0.15) is 6.04 Å². The molecule has 2 rings (SSSR count). The Balaban J connectivity index is 1.95. The monoisotopic (exact) mass is 304 g/mol. The highest BCUT2D eigenvalue weighted by molar-refractivity contribution is 5.80. The van der Waals surface area contributed by atoms with Crippen molar-refractivity contribution >= 4 is 11.8 Å². The highest BCUT2D eigenvalue weighted by Crippen LogP contribution is 2.32. The number of nitrogens with zero attached hydrogens (tertiary/aromatic N) is 1. The fourth-order valence-corrected chi connectivity index (χ4v) is 2.93. The van der Waals surface area contributed by atoms with Gasteiger partial charge in [0.15, 0.2) is 0 Å². The molecule has 0 bridgehead atoms. The third-order valence-corrected chi connectivity index (χ3v) is 4.09. The smallest absolute Gasteiger partial charge is 0.351 e. The normalized spacial score (nSPS) is 27.0. The molecule has 0 radical (unpaired) electrons. The number of carbonyl (C=O) groups is 2. The van der Waals surface area contributed by atoms with E-state index in [2.05, 4.69) is 5.32 Å². The van der Waals surface area contributed by atoms with E-state index >= 15 is 0 Å². The number of allylic oxidation sites excluding steroid dienone is 2. The quantitative estimate of drug-likeness (QED) is 0.793. The van der Waals surface area contributed by atoms with Gasteiger partial charge in [0, 0.05) is 25.4 Å². The molecule has 0 aromatic heterocycles. The van der Waals surface area contributed by atoms with Gasteiger partial charge in [-0.1, -0.05) is 12.2 Å². The van der Waals surface area contributed by atoms with Crippen LogP contribution in [0, 0.1) is 5.92 Å². The standard InChI is InChI=1S/C14H19F3N2O2/c1-9(20)19-8-11(6-7-12(19)14(15,16)17)18-13(21)10-4-2-3-5-10/h2-3,10-12H,4-8H2,1H3,(H,18,21)/t11-,12+/m0/s1. The van der Waals surface area contributed by atoms with Crippen LogP contribution in [-0.2, 0) is 9.59 Å². The van der Waals surface area contributed by atoms with Gasteiger partial charge < -0.3 is 10.2 Å². The minimum Gasteiger partial charge on any atom is -0.351 e. The predicted molar refractivity (Wildman–Crippen MR) is 70.3 cm³/mol. The van der Waals surface area contributed by atoms with Gasteiger partial charge in [-0.3, -0.25) is 9.59 Å². The second-order valence-corrected chi connectivity index (χ2v) is 5.65. The Kier molecular flexibility index (Phi) is 4.58. The first-order valence-electron chi connectivity index (χ1n) is 7.08. The Hall–Kier alpha value is -1.53. The molecule has 1 saturated heterocycles. The summed E-state index contributed by atoms with van der Waals surface area (Å²) in [6.07, 6.45) is 0.826. The number of likely N-dealkylation sites (tertiary alicyclic amines) is 1. The first kappa shape index (κ1) is 15.9. The van der Waals surface area contributed by atoms with Crippen LogP contribution in [0.3, 0.4) is 0 Å². The average molecular weight is 304 g/mol. The highest BCUT2D eigenvalue weighted by atomic mass is 19.4. The Morgan fingerprint density at radius 1 is 1.19 bits per heavy atom. The number of hydrogen-bond donors (Lipinski definition) is 1. The van der Waals surface area contributed by atoms with Gasteiger partial charge in [0.2, 0.25) is 11.8 Å². The van der Waals surface area contributed by atoms with Crippen LogP contribution in [0.1, 0.15) is 32.6 Å². The third kappa shape index (κ3) is 3.77. The predicted octanol–water partition coefficient (Wildman–Crippen LogP) is 2.01. The molecule has 7 heteroatoms. The number of alkyl halides is 3. The number of carbonyl (C=O) groups excluding carboxylic acids is 2. The number of rotatable bonds is 2. The van der Waals surface area contributed by atoms with Gasteiger partial charge in [-0.15, -0.1) is 0 Å². The summed E-state index contributed by atoms with van der Waals surface area (Å²) in [6.45, 7) is 1.05. The summed E-state index contributed by atoms with van der Waals surface area (Å²) in [5, 5.41) is 2.78. The van der Waals surface area contributed by atoms with Gasteiger partial charge in [0.05, 0.1) is 0 Å². The maximum Gasteiger partial charge on any atom is 0.408 e. The van der Waals surface area contributed by atoms with E-state index in [0.717, 1.165) is 11.8 Å². The molecule has 1 heterocycles. The first-order chi connectivity index (χ1) is 9.79. The lowest BCUT2D eigenvalue weighted by molar-refractivity contribution is -0.196. The fraction of sp³-hybridized carbons (Fsp3) is 0.714. The molecular weight excluding hydrogens is 285 g/mol. The zero-order chi connectivity index (χ0) is 15.6. The summed E-state index contributed by atoms with van der Waals surface area (Å²) < 4.78 is 38.7. The van der Waals surface area contributed by atoms with Crippen molar-refractivity contribution in [1.29, 1.82) is 0 Å². The molecule has 1 aliphatic heterocycles. The zero-order valence-electron chi connectivity index (χ0n) is 11.8. The van der Waals surface area contributed by atoms with Crippen LogP contribution in [0.2, 0.25) is 0 Å². The van der Waals surface area contributed by atoms with E-state index in [9.17, 15) is 22.8 Å². The Morgan fingerprint density at radius 2 is 1.81 bits per heavy atom. The number of nitrogens with one attached hydrogen (secondary N) is 1. The summed E-state index contributed by atoms with van der Waals surface area (Å²) in [6, 6.07) is -2.14. The van der Waals surface area contributed by atoms with Crippen LogP contribution in [0.5, 0.6) is 0 Å². The minimum absolute atomic E-state index is 0.0780. The van der Waals surface area contributed by atoms with Crippen molar-refractivity contribution in [2.75, 3.05) is 6.54 Å². The zero-order valence-corrected chi connectivity index (χ0v) is 11.8. The molecule has 0 spiro atoms. The van der Waals surface area contributed by atoms with Crippen molar-refractivity contribution in [3.63, 3.8) is 0 Å². The van der Waals surface area contributed by atoms with Crippen LogP contribution in [0.4, 0.5) is 13.2 Å². The van der Waals surface area contributed by atoms with Gasteiger partial charge in [-0.25, -0.2) is 0 Å². The Bertz CT molecular complexity index is 440. The lowest BCUT2D eigenvalue weighted by Crippen LogP contribution is -2.58. The van der Waals surface area contributed by atoms with E-state index in [0.29, 0.717) is 12.8 Å². The molecule has 2 amide bonds. The van der Waals surface area contributed by atoms with Gasteiger partial charge in [0.25, 0.3) is 0 Å². The lowest BCUT2D eigenvalue weighted by Gasteiger charge is -2.40. The number of amides is 2. The topological polar surface area (TPSA) is 49.4 Å². The molecule has 2 aliphatic rings. The van der Waals surface area contributed by atoms with Crippen LogP contribution in [0.15, 0.2) is 12.2 Å². The van der Waals surface area contributed by atoms with Crippen molar-refractivity contribution in [1.82, 2.24) is 10.2 Å². The van der Waals surface area contributed by atoms with E-state index in [4.69, 9.17) is 0 Å². The van der Waals surface area contributed by atoms with E-state index < -0.39 is 24.2 Å². The first-order valence-corrected chi connectivity index (χ1v) is 7.08. The van der Waals surface area contributed by atoms with Crippen molar-refractivity contribution in [3.8, 4) is 0 Å². The molecule has 118 valence electrons. The summed E-state index contributed by atoms with van der Waals surface area (Å²) >= 11 is 0. The highest BCUT2D eigenvalue weighted by Gasteiger charge is 2.47. The van der Waals surface area contributed by atoms with Crippen molar-refractivity contribution < 1.29 is 22.8 Å². The SMILES string of the molecule is CC(=O)N1C[C@@H](NC(=O)C2CC=CC2)CC[C@@H]1C(F)(F)F. The maximum absolute atomic E-state index is 12.9. The molecule has 21 heavy (non-hydrogen) atoms. The van der Waals surface area contributed by atoms with Gasteiger partial charge in [-0.05, 0) is 25.7 Å². The van der Waals surface area contributed by atoms with Gasteiger partial charge >= 0.3 is 6.18 Å². The van der Waals surface area contributed by atoms with E-state index in [-0.39, 0.29) is 31.2 Å². The molecule has 0 aromatic rings. The van der Waals surface area contributed by atoms with Gasteiger partial charge in [-0.2, -0.15) is 13.2 Å². The minimum atomic E-state index is -4.42.